The van der Waals surface area contributed by atoms with Crippen LogP contribution in [0.3, 0.4) is 0 Å². The number of ether oxygens (including phenoxy) is 3. The second-order valence-corrected chi connectivity index (χ2v) is 8.54. The Labute approximate surface area is 181 Å². The Morgan fingerprint density at radius 1 is 1.00 bits per heavy atom. The smallest absolute Gasteiger partial charge is 0.231 e. The summed E-state index contributed by atoms with van der Waals surface area (Å²) in [6.45, 7) is 1.27. The van der Waals surface area contributed by atoms with E-state index >= 15 is 0 Å². The van der Waals surface area contributed by atoms with Crippen molar-refractivity contribution in [2.75, 3.05) is 20.4 Å². The first kappa shape index (κ1) is 18.6. The molecule has 3 aliphatic heterocycles. The minimum Gasteiger partial charge on any atom is -0.504 e. The Kier molecular flexibility index (Phi) is 4.32. The van der Waals surface area contributed by atoms with Crippen LogP contribution < -0.4 is 14.2 Å². The molecule has 0 radical (unpaired) electrons. The lowest BCUT2D eigenvalue weighted by molar-refractivity contribution is 0.106. The van der Waals surface area contributed by atoms with Crippen LogP contribution in [0.5, 0.6) is 23.0 Å². The Bertz CT molecular complexity index is 1140. The average molecular weight is 415 g/mol. The maximum atomic E-state index is 10.5. The van der Waals surface area contributed by atoms with Crippen molar-refractivity contribution in [2.45, 2.75) is 31.3 Å². The number of benzene rings is 3. The monoisotopic (exact) mass is 415 g/mol. The van der Waals surface area contributed by atoms with E-state index in [1.807, 2.05) is 12.1 Å². The van der Waals surface area contributed by atoms with Crippen molar-refractivity contribution in [1.82, 2.24) is 4.90 Å². The van der Waals surface area contributed by atoms with Crippen molar-refractivity contribution in [3.05, 3.63) is 82.4 Å². The molecule has 0 spiro atoms. The van der Waals surface area contributed by atoms with Crippen molar-refractivity contribution in [1.29, 1.82) is 0 Å². The van der Waals surface area contributed by atoms with Gasteiger partial charge in [0.05, 0.1) is 7.11 Å². The highest BCUT2D eigenvalue weighted by atomic mass is 16.7. The fraction of sp³-hybridized carbons (Fsp3) is 0.308. The minimum atomic E-state index is 0.187. The molecule has 0 saturated carbocycles. The third kappa shape index (κ3) is 3.03. The van der Waals surface area contributed by atoms with Crippen LogP contribution in [0.2, 0.25) is 0 Å². The minimum absolute atomic E-state index is 0.187. The summed E-state index contributed by atoms with van der Waals surface area (Å²) in [4.78, 5) is 2.60. The van der Waals surface area contributed by atoms with Gasteiger partial charge in [-0.05, 0) is 71.3 Å². The normalized spacial score (nSPS) is 21.2. The summed E-state index contributed by atoms with van der Waals surface area (Å²) in [6, 6.07) is 19.3. The van der Waals surface area contributed by atoms with Gasteiger partial charge in [-0.3, -0.25) is 4.90 Å². The lowest BCUT2D eigenvalue weighted by Gasteiger charge is -2.47. The van der Waals surface area contributed by atoms with Gasteiger partial charge < -0.3 is 19.3 Å². The van der Waals surface area contributed by atoms with Crippen molar-refractivity contribution in [3.63, 3.8) is 0 Å². The molecule has 0 amide bonds. The molecule has 0 aromatic heterocycles. The lowest BCUT2D eigenvalue weighted by Crippen LogP contribution is -2.43. The van der Waals surface area contributed by atoms with Gasteiger partial charge in [-0.15, -0.1) is 0 Å². The molecule has 0 saturated heterocycles. The fourth-order valence-electron chi connectivity index (χ4n) is 5.44. The van der Waals surface area contributed by atoms with Crippen LogP contribution in [0, 0.1) is 0 Å². The van der Waals surface area contributed by atoms with Gasteiger partial charge in [0, 0.05) is 18.6 Å². The highest BCUT2D eigenvalue weighted by molar-refractivity contribution is 5.54. The van der Waals surface area contributed by atoms with Crippen LogP contribution in [-0.4, -0.2) is 30.5 Å². The summed E-state index contributed by atoms with van der Waals surface area (Å²) in [5.74, 6) is 2.44. The molecule has 3 aliphatic rings. The molecule has 0 unspecified atom stereocenters. The van der Waals surface area contributed by atoms with Gasteiger partial charge in [-0.2, -0.15) is 0 Å². The summed E-state index contributed by atoms with van der Waals surface area (Å²) in [6.07, 6.45) is 2.76. The number of fused-ring (bicyclic) bond motifs is 5. The average Bonchev–Trinajstić information content (AvgIpc) is 3.25. The zero-order chi connectivity index (χ0) is 20.9. The van der Waals surface area contributed by atoms with Crippen LogP contribution in [-0.2, 0) is 19.3 Å². The molecule has 2 atom stereocenters. The molecule has 1 N–H and O–H groups in total. The van der Waals surface area contributed by atoms with Crippen molar-refractivity contribution >= 4 is 0 Å². The summed E-state index contributed by atoms with van der Waals surface area (Å²) in [5, 5.41) is 10.5. The number of rotatable bonds is 3. The predicted molar refractivity (Wildman–Crippen MR) is 117 cm³/mol. The Balaban J connectivity index is 1.47. The molecule has 5 heteroatoms. The maximum absolute atomic E-state index is 10.5. The largest absolute Gasteiger partial charge is 0.504 e. The quantitative estimate of drug-likeness (QED) is 0.679. The molecular weight excluding hydrogens is 390 g/mol. The second-order valence-electron chi connectivity index (χ2n) is 8.54. The molecule has 0 bridgehead atoms. The van der Waals surface area contributed by atoms with Gasteiger partial charge >= 0.3 is 0 Å². The number of aromatic hydroxyl groups is 1. The zero-order valence-electron chi connectivity index (χ0n) is 17.5. The molecule has 3 aromatic rings. The second kappa shape index (κ2) is 7.20. The first-order valence-electron chi connectivity index (χ1n) is 10.8. The van der Waals surface area contributed by atoms with Gasteiger partial charge in [0.15, 0.2) is 23.0 Å². The van der Waals surface area contributed by atoms with Crippen LogP contribution in [0.4, 0.5) is 0 Å². The number of hydrogen-bond acceptors (Lipinski definition) is 5. The van der Waals surface area contributed by atoms with Crippen molar-refractivity contribution in [2.24, 2.45) is 0 Å². The highest BCUT2D eigenvalue weighted by Crippen LogP contribution is 2.49. The molecule has 6 rings (SSSR count). The first-order valence-corrected chi connectivity index (χ1v) is 10.8. The number of phenolic OH excluding ortho intramolecular Hbond substituents is 1. The van der Waals surface area contributed by atoms with E-state index in [9.17, 15) is 5.11 Å². The zero-order valence-corrected chi connectivity index (χ0v) is 17.5. The molecule has 5 nitrogen and oxygen atoms in total. The van der Waals surface area contributed by atoms with E-state index in [2.05, 4.69) is 47.4 Å². The van der Waals surface area contributed by atoms with Gasteiger partial charge in [0.25, 0.3) is 0 Å². The maximum Gasteiger partial charge on any atom is 0.231 e. The van der Waals surface area contributed by atoms with Crippen molar-refractivity contribution in [3.8, 4) is 23.0 Å². The Hall–Kier alpha value is -3.18. The Morgan fingerprint density at radius 3 is 2.61 bits per heavy atom. The van der Waals surface area contributed by atoms with Crippen LogP contribution in [0.15, 0.2) is 54.6 Å². The van der Waals surface area contributed by atoms with E-state index in [0.717, 1.165) is 37.3 Å². The highest BCUT2D eigenvalue weighted by Gasteiger charge is 2.39. The van der Waals surface area contributed by atoms with Crippen LogP contribution in [0.25, 0.3) is 0 Å². The van der Waals surface area contributed by atoms with Crippen LogP contribution >= 0.6 is 0 Å². The summed E-state index contributed by atoms with van der Waals surface area (Å²) in [7, 11) is 1.61. The first-order chi connectivity index (χ1) is 15.2. The molecule has 3 aromatic carbocycles. The lowest BCUT2D eigenvalue weighted by atomic mass is 9.79. The van der Waals surface area contributed by atoms with Gasteiger partial charge in [0.2, 0.25) is 6.79 Å². The fourth-order valence-corrected chi connectivity index (χ4v) is 5.44. The van der Waals surface area contributed by atoms with Gasteiger partial charge in [0.1, 0.15) is 0 Å². The van der Waals surface area contributed by atoms with E-state index < -0.39 is 0 Å². The number of hydrogen-bond donors (Lipinski definition) is 1. The summed E-state index contributed by atoms with van der Waals surface area (Å²) in [5.41, 5.74) is 6.40. The van der Waals surface area contributed by atoms with Crippen molar-refractivity contribution < 1.29 is 19.3 Å². The molecule has 3 heterocycles. The molecular formula is C26H25NO4. The third-order valence-corrected chi connectivity index (χ3v) is 6.92. The number of phenols is 1. The number of methoxy groups -OCH3 is 1. The standard InChI is InChI=1S/C26H25NO4/c1-29-24-12-18-10-22-20-14-26-25(30-15-31-26)11-17(20)7-8-27(22)21(19(18)13-23(24)28)9-16-5-3-2-4-6-16/h2-6,11-14,21-22,28H,7-10,15H2,1H3/t21-,22-/m0/s1. The topological polar surface area (TPSA) is 51.2 Å². The van der Waals surface area contributed by atoms with Gasteiger partial charge in [-0.25, -0.2) is 0 Å². The number of nitrogens with zero attached hydrogens (tertiary/aromatic N) is 1. The molecule has 0 fully saturated rings. The van der Waals surface area contributed by atoms with E-state index in [1.54, 1.807) is 7.11 Å². The van der Waals surface area contributed by atoms with Gasteiger partial charge in [-0.1, -0.05) is 30.3 Å². The molecule has 31 heavy (non-hydrogen) atoms. The molecule has 158 valence electrons. The van der Waals surface area contributed by atoms with E-state index in [4.69, 9.17) is 14.2 Å². The van der Waals surface area contributed by atoms with E-state index in [0.29, 0.717) is 12.5 Å². The molecule has 0 aliphatic carbocycles. The summed E-state index contributed by atoms with van der Waals surface area (Å²) >= 11 is 0. The summed E-state index contributed by atoms with van der Waals surface area (Å²) < 4.78 is 16.7. The van der Waals surface area contributed by atoms with E-state index in [-0.39, 0.29) is 17.8 Å². The SMILES string of the molecule is COc1cc2c(cc1O)[C@H](Cc1ccccc1)N1CCc3cc4c(cc3[C@@H]1C2)OCO4. The van der Waals surface area contributed by atoms with Crippen LogP contribution in [0.1, 0.15) is 39.9 Å². The predicted octanol–water partition coefficient (Wildman–Crippen LogP) is 4.57. The Morgan fingerprint density at radius 2 is 1.81 bits per heavy atom. The third-order valence-electron chi connectivity index (χ3n) is 6.92. The van der Waals surface area contributed by atoms with E-state index in [1.165, 1.54) is 27.8 Å².